The molecule has 1 nitrogen and oxygen atoms in total. The highest BCUT2D eigenvalue weighted by molar-refractivity contribution is 5.71. The van der Waals surface area contributed by atoms with Crippen molar-refractivity contribution >= 4 is 0 Å². The summed E-state index contributed by atoms with van der Waals surface area (Å²) in [5, 5.41) is 9.77. The van der Waals surface area contributed by atoms with Crippen LogP contribution in [0.5, 0.6) is 5.75 Å². The molecule has 0 bridgehead atoms. The molecule has 0 saturated carbocycles. The Balaban J connectivity index is 2.04. The molecule has 0 amide bonds. The van der Waals surface area contributed by atoms with Crippen molar-refractivity contribution in [2.24, 2.45) is 0 Å². The minimum atomic E-state index is 0.210. The van der Waals surface area contributed by atoms with Crippen LogP contribution in [0, 0.1) is 11.8 Å². The number of hydrogen-bond acceptors (Lipinski definition) is 1. The monoisotopic (exact) mass is 270 g/mol. The van der Waals surface area contributed by atoms with E-state index in [9.17, 15) is 5.11 Å². The van der Waals surface area contributed by atoms with Crippen molar-refractivity contribution in [3.05, 3.63) is 90.0 Å². The van der Waals surface area contributed by atoms with Crippen LogP contribution in [0.2, 0.25) is 0 Å². The van der Waals surface area contributed by atoms with Gasteiger partial charge in [0.2, 0.25) is 0 Å². The summed E-state index contributed by atoms with van der Waals surface area (Å²) < 4.78 is 0. The van der Waals surface area contributed by atoms with E-state index >= 15 is 0 Å². The van der Waals surface area contributed by atoms with Gasteiger partial charge in [0.1, 0.15) is 5.75 Å². The Labute approximate surface area is 124 Å². The molecule has 0 atom stereocenters. The Morgan fingerprint density at radius 2 is 1.14 bits per heavy atom. The van der Waals surface area contributed by atoms with E-state index < -0.39 is 0 Å². The molecule has 1 N–H and O–H groups in total. The second-order valence-corrected chi connectivity index (χ2v) is 4.68. The first kappa shape index (κ1) is 13.0. The first-order chi connectivity index (χ1) is 10.3. The van der Waals surface area contributed by atoms with Gasteiger partial charge in [-0.15, -0.1) is 0 Å². The summed E-state index contributed by atoms with van der Waals surface area (Å²) in [5.74, 6) is 6.41. The lowest BCUT2D eigenvalue weighted by atomic mass is 10.00. The van der Waals surface area contributed by atoms with Crippen molar-refractivity contribution in [3.8, 4) is 28.7 Å². The number of para-hydroxylation sites is 1. The molecule has 3 aromatic carbocycles. The Hall–Kier alpha value is -2.98. The fraction of sp³-hybridized carbons (Fsp3) is 0. The Bertz CT molecular complexity index is 808. The van der Waals surface area contributed by atoms with Crippen LogP contribution in [-0.2, 0) is 0 Å². The van der Waals surface area contributed by atoms with Gasteiger partial charge in [-0.2, -0.15) is 0 Å². The van der Waals surface area contributed by atoms with Crippen LogP contribution in [0.1, 0.15) is 11.1 Å². The molecular weight excluding hydrogens is 256 g/mol. The second kappa shape index (κ2) is 5.98. The maximum absolute atomic E-state index is 9.77. The summed E-state index contributed by atoms with van der Waals surface area (Å²) >= 11 is 0. The van der Waals surface area contributed by atoms with Crippen molar-refractivity contribution in [2.45, 2.75) is 0 Å². The van der Waals surface area contributed by atoms with E-state index in [1.165, 1.54) is 0 Å². The summed E-state index contributed by atoms with van der Waals surface area (Å²) in [5.41, 5.74) is 3.83. The molecule has 100 valence electrons. The topological polar surface area (TPSA) is 20.2 Å². The second-order valence-electron chi connectivity index (χ2n) is 4.68. The Morgan fingerprint density at radius 3 is 1.90 bits per heavy atom. The lowest BCUT2D eigenvalue weighted by Gasteiger charge is -2.04. The number of phenolic OH excluding ortho intramolecular Hbond substituents is 1. The van der Waals surface area contributed by atoms with Crippen molar-refractivity contribution in [2.75, 3.05) is 0 Å². The molecule has 0 saturated heterocycles. The van der Waals surface area contributed by atoms with Crippen molar-refractivity contribution in [1.82, 2.24) is 0 Å². The number of phenols is 1. The molecule has 3 aromatic rings. The van der Waals surface area contributed by atoms with E-state index in [4.69, 9.17) is 0 Å². The molecule has 0 spiro atoms. The molecule has 0 aliphatic rings. The number of aromatic hydroxyl groups is 1. The Morgan fingerprint density at radius 1 is 0.571 bits per heavy atom. The quantitative estimate of drug-likeness (QED) is 0.647. The molecule has 0 fully saturated rings. The van der Waals surface area contributed by atoms with Gasteiger partial charge in [-0.05, 0) is 29.3 Å². The molecule has 0 unspecified atom stereocenters. The van der Waals surface area contributed by atoms with E-state index in [1.807, 2.05) is 48.5 Å². The van der Waals surface area contributed by atoms with Gasteiger partial charge in [-0.25, -0.2) is 0 Å². The molecule has 0 aromatic heterocycles. The van der Waals surface area contributed by atoms with Gasteiger partial charge < -0.3 is 5.11 Å². The average Bonchev–Trinajstić information content (AvgIpc) is 2.55. The highest BCUT2D eigenvalue weighted by atomic mass is 16.3. The summed E-state index contributed by atoms with van der Waals surface area (Å²) in [6.45, 7) is 0. The van der Waals surface area contributed by atoms with Crippen LogP contribution >= 0.6 is 0 Å². The zero-order valence-electron chi connectivity index (χ0n) is 11.5. The first-order valence-electron chi connectivity index (χ1n) is 6.79. The minimum Gasteiger partial charge on any atom is -0.507 e. The molecule has 0 aliphatic heterocycles. The molecule has 0 aliphatic carbocycles. The minimum absolute atomic E-state index is 0.210. The van der Waals surface area contributed by atoms with Crippen LogP contribution in [0.15, 0.2) is 78.9 Å². The van der Waals surface area contributed by atoms with E-state index in [0.29, 0.717) is 5.56 Å². The lowest BCUT2D eigenvalue weighted by Crippen LogP contribution is -1.84. The van der Waals surface area contributed by atoms with Gasteiger partial charge in [-0.3, -0.25) is 0 Å². The van der Waals surface area contributed by atoms with Gasteiger partial charge in [0.25, 0.3) is 0 Å². The molecule has 1 heteroatoms. The molecule has 0 radical (unpaired) electrons. The van der Waals surface area contributed by atoms with Crippen LogP contribution in [0.25, 0.3) is 11.1 Å². The van der Waals surface area contributed by atoms with E-state index in [2.05, 4.69) is 30.0 Å². The maximum Gasteiger partial charge on any atom is 0.131 e. The maximum atomic E-state index is 9.77. The van der Waals surface area contributed by atoms with Crippen molar-refractivity contribution < 1.29 is 5.11 Å². The standard InChI is InChI=1S/C20H14O/c21-20-13-7-5-11-18(20)15-14-17-10-4-6-12-19(17)16-8-2-1-3-9-16/h1-13,21H. The molecule has 0 heterocycles. The van der Waals surface area contributed by atoms with Crippen LogP contribution in [0.3, 0.4) is 0 Å². The largest absolute Gasteiger partial charge is 0.507 e. The predicted molar refractivity (Wildman–Crippen MR) is 86.0 cm³/mol. The first-order valence-corrected chi connectivity index (χ1v) is 6.79. The molecule has 21 heavy (non-hydrogen) atoms. The molecule has 3 rings (SSSR count). The van der Waals surface area contributed by atoms with Crippen LogP contribution in [0.4, 0.5) is 0 Å². The number of rotatable bonds is 1. The summed E-state index contributed by atoms with van der Waals surface area (Å²) in [7, 11) is 0. The third-order valence-corrected chi connectivity index (χ3v) is 3.25. The summed E-state index contributed by atoms with van der Waals surface area (Å²) in [6, 6.07) is 25.3. The fourth-order valence-electron chi connectivity index (χ4n) is 2.18. The number of hydrogen-bond donors (Lipinski definition) is 1. The third kappa shape index (κ3) is 2.96. The summed E-state index contributed by atoms with van der Waals surface area (Å²) in [6.07, 6.45) is 0. The predicted octanol–water partition coefficient (Wildman–Crippen LogP) is 4.46. The van der Waals surface area contributed by atoms with Crippen molar-refractivity contribution in [3.63, 3.8) is 0 Å². The van der Waals surface area contributed by atoms with Crippen LogP contribution < -0.4 is 0 Å². The Kier molecular flexibility index (Phi) is 3.71. The van der Waals surface area contributed by atoms with E-state index in [1.54, 1.807) is 12.1 Å². The van der Waals surface area contributed by atoms with Gasteiger partial charge in [0.05, 0.1) is 5.56 Å². The highest BCUT2D eigenvalue weighted by Crippen LogP contribution is 2.23. The molecular formula is C20H14O. The SMILES string of the molecule is Oc1ccccc1C#Cc1ccccc1-c1ccccc1. The lowest BCUT2D eigenvalue weighted by molar-refractivity contribution is 0.473. The van der Waals surface area contributed by atoms with Crippen molar-refractivity contribution in [1.29, 1.82) is 0 Å². The van der Waals surface area contributed by atoms with Gasteiger partial charge in [0, 0.05) is 5.56 Å². The van der Waals surface area contributed by atoms with Crippen LogP contribution in [-0.4, -0.2) is 5.11 Å². The highest BCUT2D eigenvalue weighted by Gasteiger charge is 2.01. The van der Waals surface area contributed by atoms with Gasteiger partial charge >= 0.3 is 0 Å². The third-order valence-electron chi connectivity index (χ3n) is 3.25. The summed E-state index contributed by atoms with van der Waals surface area (Å²) in [4.78, 5) is 0. The zero-order chi connectivity index (χ0) is 14.5. The fourth-order valence-corrected chi connectivity index (χ4v) is 2.18. The number of benzene rings is 3. The van der Waals surface area contributed by atoms with Gasteiger partial charge in [0.15, 0.2) is 0 Å². The average molecular weight is 270 g/mol. The van der Waals surface area contributed by atoms with E-state index in [0.717, 1.165) is 16.7 Å². The normalized spacial score (nSPS) is 9.71. The van der Waals surface area contributed by atoms with E-state index in [-0.39, 0.29) is 5.75 Å². The smallest absolute Gasteiger partial charge is 0.131 e. The zero-order valence-corrected chi connectivity index (χ0v) is 11.5. The van der Waals surface area contributed by atoms with Gasteiger partial charge in [-0.1, -0.05) is 72.5 Å².